The van der Waals surface area contributed by atoms with Crippen LogP contribution < -0.4 is 10.6 Å². The van der Waals surface area contributed by atoms with Crippen molar-refractivity contribution in [2.75, 3.05) is 26.4 Å². The van der Waals surface area contributed by atoms with Crippen molar-refractivity contribution >= 4 is 59.8 Å². The van der Waals surface area contributed by atoms with Gasteiger partial charge in [-0.1, -0.05) is 48.6 Å². The second-order valence-corrected chi connectivity index (χ2v) is 13.5. The van der Waals surface area contributed by atoms with Crippen molar-refractivity contribution in [3.63, 3.8) is 0 Å². The molecule has 0 bridgehead atoms. The minimum atomic E-state index is -1.28. The Balaban J connectivity index is 1.80. The molecule has 0 saturated carbocycles. The van der Waals surface area contributed by atoms with Crippen molar-refractivity contribution in [2.24, 2.45) is 0 Å². The monoisotopic (exact) mass is 848 g/mol. The van der Waals surface area contributed by atoms with E-state index in [1.165, 1.54) is 27.7 Å². The molecule has 1 aromatic carbocycles. The lowest BCUT2D eigenvalue weighted by Gasteiger charge is -2.44. The molecule has 2 fully saturated rings. The minimum absolute atomic E-state index is 0.0941. The molecular formula is C40H52N2O18. The van der Waals surface area contributed by atoms with Crippen molar-refractivity contribution in [2.45, 2.75) is 117 Å². The molecule has 2 amide bonds. The summed E-state index contributed by atoms with van der Waals surface area (Å²) in [4.78, 5) is 96.1. The Kier molecular flexibility index (Phi) is 19.3. The van der Waals surface area contributed by atoms with Gasteiger partial charge in [-0.25, -0.2) is 0 Å². The van der Waals surface area contributed by atoms with Crippen LogP contribution in [0.2, 0.25) is 0 Å². The fourth-order valence-electron chi connectivity index (χ4n) is 6.33. The second kappa shape index (κ2) is 23.8. The lowest BCUT2D eigenvalue weighted by Crippen LogP contribution is -2.66. The highest BCUT2D eigenvalue weighted by Crippen LogP contribution is 2.30. The molecule has 2 saturated heterocycles. The first-order chi connectivity index (χ1) is 28.4. The average molecular weight is 849 g/mol. The lowest BCUT2D eigenvalue weighted by atomic mass is 9.96. The van der Waals surface area contributed by atoms with Crippen LogP contribution in [0.25, 0.3) is 12.2 Å². The van der Waals surface area contributed by atoms with Crippen LogP contribution >= 0.6 is 0 Å². The van der Waals surface area contributed by atoms with E-state index in [2.05, 4.69) is 10.6 Å². The summed E-state index contributed by atoms with van der Waals surface area (Å²) in [7, 11) is 0. The summed E-state index contributed by atoms with van der Waals surface area (Å²) in [5.74, 6) is -5.28. The van der Waals surface area contributed by atoms with Crippen LogP contribution in [0.15, 0.2) is 36.4 Å². The van der Waals surface area contributed by atoms with E-state index in [1.54, 1.807) is 36.4 Å². The second-order valence-electron chi connectivity index (χ2n) is 13.5. The van der Waals surface area contributed by atoms with Crippen LogP contribution in [-0.2, 0) is 85.7 Å². The summed E-state index contributed by atoms with van der Waals surface area (Å²) < 4.78 is 56.1. The Morgan fingerprint density at radius 3 is 1.15 bits per heavy atom. The standard InChI is InChI=1S/C40H52N2O18/c1-21(43)41-33-37(57-27(7)49)35(55-25(5)47)31(19-53-23(3)45)59-39(33)51-17-11-15-29-13-9-10-14-30(29)16-12-18-52-40-34(42-22(2)44)38(58-28(8)50)36(56-26(6)48)32(60-40)20-54-24(4)46/h9-16,31-40H,17-20H2,1-8H3,(H,41,43)(H,42,44)/b15-11+,16-12+/t31-,32-,33-,34-,35-,36-,37-,38-,39?,40?/m1/s1. The van der Waals surface area contributed by atoms with Crippen molar-refractivity contribution in [3.8, 4) is 0 Å². The third-order valence-electron chi connectivity index (χ3n) is 8.45. The number of hydrogen-bond acceptors (Lipinski definition) is 18. The Bertz CT molecular complexity index is 1640. The molecule has 60 heavy (non-hydrogen) atoms. The number of carbonyl (C=O) groups is 8. The normalized spacial score (nSPS) is 26.3. The van der Waals surface area contributed by atoms with E-state index in [4.69, 9.17) is 47.4 Å². The lowest BCUT2D eigenvalue weighted by molar-refractivity contribution is -0.275. The minimum Gasteiger partial charge on any atom is -0.463 e. The molecule has 2 unspecified atom stereocenters. The molecule has 2 N–H and O–H groups in total. The first kappa shape index (κ1) is 48.7. The number of benzene rings is 1. The van der Waals surface area contributed by atoms with Gasteiger partial charge >= 0.3 is 35.8 Å². The molecule has 2 aliphatic heterocycles. The predicted octanol–water partition coefficient (Wildman–Crippen LogP) is 1.06. The zero-order valence-electron chi connectivity index (χ0n) is 34.6. The van der Waals surface area contributed by atoms with E-state index >= 15 is 0 Å². The molecule has 20 nitrogen and oxygen atoms in total. The molecule has 0 aliphatic carbocycles. The smallest absolute Gasteiger partial charge is 0.303 e. The molecule has 2 aliphatic rings. The summed E-state index contributed by atoms with van der Waals surface area (Å²) in [6, 6.07) is 4.96. The number of nitrogens with one attached hydrogen (secondary N) is 2. The highest BCUT2D eigenvalue weighted by atomic mass is 16.7. The Labute approximate surface area is 346 Å². The number of esters is 6. The first-order valence-electron chi connectivity index (χ1n) is 18.8. The number of rotatable bonds is 18. The van der Waals surface area contributed by atoms with Gasteiger partial charge in [-0.2, -0.15) is 0 Å². The van der Waals surface area contributed by atoms with Gasteiger partial charge in [0.25, 0.3) is 0 Å². The molecule has 0 radical (unpaired) electrons. The fraction of sp³-hybridized carbons (Fsp3) is 0.550. The van der Waals surface area contributed by atoms with E-state index in [0.717, 1.165) is 38.8 Å². The Morgan fingerprint density at radius 1 is 0.517 bits per heavy atom. The van der Waals surface area contributed by atoms with Gasteiger partial charge in [-0.05, 0) is 11.1 Å². The van der Waals surface area contributed by atoms with Gasteiger partial charge in [-0.15, -0.1) is 0 Å². The Morgan fingerprint density at radius 2 is 0.850 bits per heavy atom. The summed E-state index contributed by atoms with van der Waals surface area (Å²) in [6.07, 6.45) is -3.08. The van der Waals surface area contributed by atoms with Crippen molar-refractivity contribution < 1.29 is 85.7 Å². The number of amides is 2. The first-order valence-corrected chi connectivity index (χ1v) is 18.8. The van der Waals surface area contributed by atoms with Gasteiger partial charge in [0.15, 0.2) is 37.0 Å². The highest BCUT2D eigenvalue weighted by Gasteiger charge is 2.52. The van der Waals surface area contributed by atoms with Gasteiger partial charge in [0.05, 0.1) is 13.2 Å². The summed E-state index contributed by atoms with van der Waals surface area (Å²) in [6.45, 7) is 8.43. The van der Waals surface area contributed by atoms with Crippen LogP contribution in [0, 0.1) is 0 Å². The largest absolute Gasteiger partial charge is 0.463 e. The van der Waals surface area contributed by atoms with Gasteiger partial charge < -0.3 is 58.0 Å². The zero-order valence-corrected chi connectivity index (χ0v) is 34.6. The van der Waals surface area contributed by atoms with E-state index in [9.17, 15) is 38.4 Å². The van der Waals surface area contributed by atoms with Crippen molar-refractivity contribution in [3.05, 3.63) is 47.5 Å². The molecular weight excluding hydrogens is 796 g/mol. The molecule has 330 valence electrons. The third kappa shape index (κ3) is 15.8. The Hall–Kier alpha value is -5.70. The number of hydrogen-bond donors (Lipinski definition) is 2. The number of ether oxygens (including phenoxy) is 10. The fourth-order valence-corrected chi connectivity index (χ4v) is 6.33. The summed E-state index contributed by atoms with van der Waals surface area (Å²) in [5, 5.41) is 5.28. The van der Waals surface area contributed by atoms with Crippen LogP contribution in [0.5, 0.6) is 0 Å². The molecule has 3 rings (SSSR count). The topological polar surface area (TPSA) is 253 Å². The summed E-state index contributed by atoms with van der Waals surface area (Å²) in [5.41, 5.74) is 1.46. The maximum Gasteiger partial charge on any atom is 0.303 e. The molecule has 2 heterocycles. The number of carbonyl (C=O) groups excluding carboxylic acids is 8. The molecule has 1 aromatic rings. The van der Waals surface area contributed by atoms with E-state index in [-0.39, 0.29) is 26.4 Å². The van der Waals surface area contributed by atoms with Crippen LogP contribution in [0.1, 0.15) is 66.5 Å². The third-order valence-corrected chi connectivity index (χ3v) is 8.45. The predicted molar refractivity (Wildman–Crippen MR) is 204 cm³/mol. The maximum atomic E-state index is 12.2. The molecule has 10 atom stereocenters. The van der Waals surface area contributed by atoms with Crippen LogP contribution in [0.4, 0.5) is 0 Å². The van der Waals surface area contributed by atoms with Gasteiger partial charge in [0.1, 0.15) is 37.5 Å². The average Bonchev–Trinajstić information content (AvgIpc) is 3.14. The quantitative estimate of drug-likeness (QED) is 0.155. The molecule has 0 aromatic heterocycles. The summed E-state index contributed by atoms with van der Waals surface area (Å²) >= 11 is 0. The molecule has 0 spiro atoms. The van der Waals surface area contributed by atoms with E-state index in [1.807, 2.05) is 12.1 Å². The van der Waals surface area contributed by atoms with E-state index < -0.39 is 109 Å². The van der Waals surface area contributed by atoms with Crippen molar-refractivity contribution in [1.82, 2.24) is 10.6 Å². The van der Waals surface area contributed by atoms with E-state index in [0.29, 0.717) is 0 Å². The van der Waals surface area contributed by atoms with Crippen LogP contribution in [0.3, 0.4) is 0 Å². The van der Waals surface area contributed by atoms with Gasteiger partial charge in [0, 0.05) is 55.4 Å². The van der Waals surface area contributed by atoms with Gasteiger partial charge in [0.2, 0.25) is 11.8 Å². The SMILES string of the molecule is CC(=O)N[C@H]1C(OC/C=C/c2ccccc2/C=C/COC2O[C@H](COC(C)=O)[C@@H](OC(C)=O)[C@H](OC(C)=O)[C@H]2NC(C)=O)O[C@H](COC(C)=O)[C@@H](OC(C)=O)[C@@H]1OC(C)=O. The zero-order chi connectivity index (χ0) is 44.5. The van der Waals surface area contributed by atoms with Crippen molar-refractivity contribution in [1.29, 1.82) is 0 Å². The molecule has 20 heteroatoms. The highest BCUT2D eigenvalue weighted by molar-refractivity contribution is 5.74. The maximum absolute atomic E-state index is 12.2. The van der Waals surface area contributed by atoms with Gasteiger partial charge in [-0.3, -0.25) is 38.4 Å². The van der Waals surface area contributed by atoms with Crippen LogP contribution in [-0.4, -0.2) is 135 Å².